The van der Waals surface area contributed by atoms with E-state index in [1.54, 1.807) is 0 Å². The number of rotatable bonds is 4. The molecule has 0 amide bonds. The van der Waals surface area contributed by atoms with Gasteiger partial charge in [-0.05, 0) is 31.5 Å². The van der Waals surface area contributed by atoms with Gasteiger partial charge in [-0.1, -0.05) is 22.0 Å². The second-order valence-electron chi connectivity index (χ2n) is 5.22. The van der Waals surface area contributed by atoms with Crippen LogP contribution >= 0.6 is 15.9 Å². The fraction of sp³-hybridized carbons (Fsp3) is 0.533. The van der Waals surface area contributed by atoms with Gasteiger partial charge >= 0.3 is 0 Å². The lowest BCUT2D eigenvalue weighted by molar-refractivity contribution is 0.0917. The number of piperazine rings is 1. The van der Waals surface area contributed by atoms with Gasteiger partial charge in [0.1, 0.15) is 0 Å². The summed E-state index contributed by atoms with van der Waals surface area (Å²) in [6.07, 6.45) is 0.595. The van der Waals surface area contributed by atoms with Gasteiger partial charge in [0.05, 0.1) is 0 Å². The average Bonchev–Trinajstić information content (AvgIpc) is 2.42. The Bertz CT molecular complexity index is 455. The summed E-state index contributed by atoms with van der Waals surface area (Å²) in [5.74, 6) is 0.241. The molecule has 0 aromatic heterocycles. The molecule has 0 bridgehead atoms. The molecule has 0 spiro atoms. The van der Waals surface area contributed by atoms with Crippen LogP contribution in [0.3, 0.4) is 0 Å². The third-order valence-corrected chi connectivity index (χ3v) is 4.25. The molecule has 104 valence electrons. The first-order valence-corrected chi connectivity index (χ1v) is 7.61. The minimum absolute atomic E-state index is 0.241. The highest BCUT2D eigenvalue weighted by atomic mass is 79.9. The smallest absolute Gasteiger partial charge is 0.164 e. The van der Waals surface area contributed by atoms with Crippen LogP contribution in [0.5, 0.6) is 0 Å². The highest BCUT2D eigenvalue weighted by Crippen LogP contribution is 2.19. The number of benzene rings is 1. The second kappa shape index (κ2) is 6.64. The van der Waals surface area contributed by atoms with Crippen molar-refractivity contribution in [1.29, 1.82) is 0 Å². The van der Waals surface area contributed by atoms with E-state index in [1.165, 1.54) is 0 Å². The van der Waals surface area contributed by atoms with E-state index in [4.69, 9.17) is 0 Å². The van der Waals surface area contributed by atoms with Crippen molar-refractivity contribution in [2.45, 2.75) is 26.3 Å². The number of hydrogen-bond acceptors (Lipinski definition) is 3. The van der Waals surface area contributed by atoms with Gasteiger partial charge < -0.3 is 5.32 Å². The lowest BCUT2D eigenvalue weighted by Crippen LogP contribution is -2.48. The van der Waals surface area contributed by atoms with Crippen molar-refractivity contribution in [2.24, 2.45) is 0 Å². The summed E-state index contributed by atoms with van der Waals surface area (Å²) < 4.78 is 0.969. The predicted octanol–water partition coefficient (Wildman–Crippen LogP) is 2.62. The summed E-state index contributed by atoms with van der Waals surface area (Å²) in [5, 5.41) is 3.34. The van der Waals surface area contributed by atoms with Crippen LogP contribution in [0.4, 0.5) is 0 Å². The number of nitrogens with zero attached hydrogens (tertiary/aromatic N) is 1. The summed E-state index contributed by atoms with van der Waals surface area (Å²) in [6.45, 7) is 8.26. The molecule has 1 unspecified atom stereocenters. The van der Waals surface area contributed by atoms with Crippen molar-refractivity contribution in [2.75, 3.05) is 26.2 Å². The van der Waals surface area contributed by atoms with Crippen molar-refractivity contribution in [3.63, 3.8) is 0 Å². The molecule has 1 saturated heterocycles. The van der Waals surface area contributed by atoms with Crippen molar-refractivity contribution in [3.8, 4) is 0 Å². The van der Waals surface area contributed by atoms with E-state index in [1.807, 2.05) is 25.1 Å². The highest BCUT2D eigenvalue weighted by Gasteiger charge is 2.20. The monoisotopic (exact) mass is 324 g/mol. The fourth-order valence-corrected chi connectivity index (χ4v) is 2.89. The quantitative estimate of drug-likeness (QED) is 0.864. The fourth-order valence-electron chi connectivity index (χ4n) is 2.52. The van der Waals surface area contributed by atoms with Crippen LogP contribution in [0.15, 0.2) is 22.7 Å². The van der Waals surface area contributed by atoms with Crippen LogP contribution in [0.25, 0.3) is 0 Å². The lowest BCUT2D eigenvalue weighted by atomic mass is 9.99. The van der Waals surface area contributed by atoms with Crippen molar-refractivity contribution in [3.05, 3.63) is 33.8 Å². The third-order valence-electron chi connectivity index (χ3n) is 3.76. The molecule has 0 aliphatic carbocycles. The van der Waals surface area contributed by atoms with E-state index in [0.717, 1.165) is 41.8 Å². The van der Waals surface area contributed by atoms with Gasteiger partial charge in [0.2, 0.25) is 0 Å². The normalized spacial score (nSPS) is 18.3. The molecule has 1 fully saturated rings. The molecule has 3 nitrogen and oxygen atoms in total. The summed E-state index contributed by atoms with van der Waals surface area (Å²) in [4.78, 5) is 14.8. The van der Waals surface area contributed by atoms with Gasteiger partial charge in [0.15, 0.2) is 5.78 Å². The molecule has 0 saturated carbocycles. The van der Waals surface area contributed by atoms with Crippen molar-refractivity contribution in [1.82, 2.24) is 10.2 Å². The predicted molar refractivity (Wildman–Crippen MR) is 81.7 cm³/mol. The standard InChI is InChI=1S/C15H21BrN2O/c1-11-3-4-13(16)10-14(11)15(19)9-12(2)18-7-5-17-6-8-18/h3-4,10,12,17H,5-9H2,1-2H3. The molecule has 1 N–H and O–H groups in total. The molecule has 1 aromatic carbocycles. The summed E-state index contributed by atoms with van der Waals surface area (Å²) in [7, 11) is 0. The number of Topliss-reactive ketones (excluding diaryl/α,β-unsaturated/α-hetero) is 1. The van der Waals surface area contributed by atoms with E-state index in [-0.39, 0.29) is 5.78 Å². The zero-order valence-electron chi connectivity index (χ0n) is 11.6. The van der Waals surface area contributed by atoms with E-state index < -0.39 is 0 Å². The number of carbonyl (C=O) groups is 1. The molecule has 2 rings (SSSR count). The number of hydrogen-bond donors (Lipinski definition) is 1. The zero-order chi connectivity index (χ0) is 13.8. The minimum atomic E-state index is 0.241. The number of halogens is 1. The zero-order valence-corrected chi connectivity index (χ0v) is 13.2. The molecule has 1 aliphatic rings. The lowest BCUT2D eigenvalue weighted by Gasteiger charge is -2.32. The molecule has 19 heavy (non-hydrogen) atoms. The van der Waals surface area contributed by atoms with E-state index in [0.29, 0.717) is 12.5 Å². The first kappa shape index (κ1) is 14.7. The Balaban J connectivity index is 2.01. The molecular weight excluding hydrogens is 304 g/mol. The van der Waals surface area contributed by atoms with Gasteiger partial charge in [0, 0.05) is 48.7 Å². The SMILES string of the molecule is Cc1ccc(Br)cc1C(=O)CC(C)N1CCNCC1. The van der Waals surface area contributed by atoms with Crippen molar-refractivity contribution < 1.29 is 4.79 Å². The molecular formula is C15H21BrN2O. The molecule has 1 heterocycles. The van der Waals surface area contributed by atoms with E-state index >= 15 is 0 Å². The molecule has 1 aromatic rings. The first-order chi connectivity index (χ1) is 9.08. The Morgan fingerprint density at radius 1 is 1.42 bits per heavy atom. The summed E-state index contributed by atoms with van der Waals surface area (Å²) >= 11 is 3.44. The van der Waals surface area contributed by atoms with Crippen LogP contribution in [0.2, 0.25) is 0 Å². The molecule has 1 aliphatic heterocycles. The van der Waals surface area contributed by atoms with Gasteiger partial charge in [-0.15, -0.1) is 0 Å². The Hall–Kier alpha value is -0.710. The first-order valence-electron chi connectivity index (χ1n) is 6.82. The maximum absolute atomic E-state index is 12.4. The third kappa shape index (κ3) is 3.88. The maximum Gasteiger partial charge on any atom is 0.164 e. The second-order valence-corrected chi connectivity index (χ2v) is 6.14. The largest absolute Gasteiger partial charge is 0.314 e. The van der Waals surface area contributed by atoms with Gasteiger partial charge in [-0.3, -0.25) is 9.69 Å². The van der Waals surface area contributed by atoms with Crippen LogP contribution in [-0.2, 0) is 0 Å². The Labute approximate surface area is 123 Å². The topological polar surface area (TPSA) is 32.3 Å². The Morgan fingerprint density at radius 3 is 2.79 bits per heavy atom. The van der Waals surface area contributed by atoms with Gasteiger partial charge in [0.25, 0.3) is 0 Å². The number of aryl methyl sites for hydroxylation is 1. The van der Waals surface area contributed by atoms with Crippen molar-refractivity contribution >= 4 is 21.7 Å². The van der Waals surface area contributed by atoms with Gasteiger partial charge in [-0.25, -0.2) is 0 Å². The number of nitrogens with one attached hydrogen (secondary N) is 1. The number of ketones is 1. The highest BCUT2D eigenvalue weighted by molar-refractivity contribution is 9.10. The van der Waals surface area contributed by atoms with Crippen LogP contribution in [0, 0.1) is 6.92 Å². The average molecular weight is 325 g/mol. The summed E-state index contributed by atoms with van der Waals surface area (Å²) in [6, 6.07) is 6.22. The Kier molecular flexibility index (Phi) is 5.13. The molecule has 1 atom stereocenters. The van der Waals surface area contributed by atoms with Gasteiger partial charge in [-0.2, -0.15) is 0 Å². The maximum atomic E-state index is 12.4. The van der Waals surface area contributed by atoms with E-state index in [2.05, 4.69) is 33.1 Å². The Morgan fingerprint density at radius 2 is 2.11 bits per heavy atom. The molecule has 0 radical (unpaired) electrons. The minimum Gasteiger partial charge on any atom is -0.314 e. The van der Waals surface area contributed by atoms with Crippen LogP contribution < -0.4 is 5.32 Å². The van der Waals surface area contributed by atoms with Crippen LogP contribution in [-0.4, -0.2) is 42.9 Å². The van der Waals surface area contributed by atoms with Crippen LogP contribution in [0.1, 0.15) is 29.3 Å². The number of carbonyl (C=O) groups excluding carboxylic acids is 1. The van der Waals surface area contributed by atoms with E-state index in [9.17, 15) is 4.79 Å². The summed E-state index contributed by atoms with van der Waals surface area (Å²) in [5.41, 5.74) is 1.90. The molecule has 4 heteroatoms.